The van der Waals surface area contributed by atoms with Gasteiger partial charge in [-0.2, -0.15) is 5.10 Å². The smallest absolute Gasteiger partial charge is 0.280 e. The van der Waals surface area contributed by atoms with E-state index in [0.717, 1.165) is 28.9 Å². The number of rotatable bonds is 5. The molecule has 36 heavy (non-hydrogen) atoms. The van der Waals surface area contributed by atoms with Crippen LogP contribution >= 0.6 is 11.6 Å². The summed E-state index contributed by atoms with van der Waals surface area (Å²) in [5.74, 6) is 1.41. The van der Waals surface area contributed by atoms with Gasteiger partial charge in [-0.15, -0.1) is 10.2 Å². The number of methoxy groups -OCH3 is 1. The Balaban J connectivity index is 1.44. The van der Waals surface area contributed by atoms with E-state index >= 15 is 0 Å². The highest BCUT2D eigenvalue weighted by molar-refractivity contribution is 6.30. The normalized spacial score (nSPS) is 13.3. The quantitative estimate of drug-likeness (QED) is 0.356. The van der Waals surface area contributed by atoms with Crippen molar-refractivity contribution in [2.24, 2.45) is 0 Å². The molecule has 0 fully saturated rings. The minimum Gasteiger partial charge on any atom is -0.490 e. The third-order valence-corrected chi connectivity index (χ3v) is 6.32. The Hall–Kier alpha value is -3.95. The molecule has 9 nitrogen and oxygen atoms in total. The summed E-state index contributed by atoms with van der Waals surface area (Å²) in [7, 11) is 1.60. The SMILES string of the molecule is COCc1nn2c(nnc3c(=O)n(Cc4ccc5c(c4)OCCCO5)ccc32)c1-c1cccc(Cl)c1. The maximum Gasteiger partial charge on any atom is 0.280 e. The van der Waals surface area contributed by atoms with E-state index in [0.29, 0.717) is 47.4 Å². The highest BCUT2D eigenvalue weighted by Gasteiger charge is 2.20. The topological polar surface area (TPSA) is 92.8 Å². The first-order valence-corrected chi connectivity index (χ1v) is 11.9. The molecule has 0 saturated heterocycles. The number of hydrogen-bond donors (Lipinski definition) is 0. The molecule has 182 valence electrons. The highest BCUT2D eigenvalue weighted by atomic mass is 35.5. The first kappa shape index (κ1) is 22.5. The van der Waals surface area contributed by atoms with Gasteiger partial charge >= 0.3 is 0 Å². The van der Waals surface area contributed by atoms with E-state index in [2.05, 4.69) is 10.2 Å². The largest absolute Gasteiger partial charge is 0.490 e. The van der Waals surface area contributed by atoms with Gasteiger partial charge in [0.15, 0.2) is 22.7 Å². The molecule has 0 radical (unpaired) electrons. The average molecular weight is 504 g/mol. The summed E-state index contributed by atoms with van der Waals surface area (Å²) in [5, 5.41) is 14.0. The van der Waals surface area contributed by atoms with Crippen LogP contribution in [0, 0.1) is 0 Å². The van der Waals surface area contributed by atoms with Crippen LogP contribution < -0.4 is 15.0 Å². The second-order valence-corrected chi connectivity index (χ2v) is 8.95. The first-order valence-electron chi connectivity index (χ1n) is 11.5. The molecular formula is C26H22ClN5O4. The van der Waals surface area contributed by atoms with Crippen LogP contribution in [0.3, 0.4) is 0 Å². The number of benzene rings is 2. The van der Waals surface area contributed by atoms with Gasteiger partial charge in [-0.25, -0.2) is 4.52 Å². The second-order valence-electron chi connectivity index (χ2n) is 8.51. The Bertz CT molecular complexity index is 1660. The number of hydrogen-bond acceptors (Lipinski definition) is 7. The molecule has 4 heterocycles. The maximum absolute atomic E-state index is 13.4. The summed E-state index contributed by atoms with van der Waals surface area (Å²) < 4.78 is 20.1. The van der Waals surface area contributed by atoms with Crippen LogP contribution in [0.2, 0.25) is 5.02 Å². The first-order chi connectivity index (χ1) is 17.6. The van der Waals surface area contributed by atoms with Crippen LogP contribution in [0.1, 0.15) is 17.7 Å². The van der Waals surface area contributed by atoms with Crippen molar-refractivity contribution < 1.29 is 14.2 Å². The maximum atomic E-state index is 13.4. The Morgan fingerprint density at radius 3 is 2.75 bits per heavy atom. The molecule has 2 aromatic carbocycles. The minimum atomic E-state index is -0.262. The van der Waals surface area contributed by atoms with E-state index in [9.17, 15) is 4.79 Å². The summed E-state index contributed by atoms with van der Waals surface area (Å²) in [5.41, 5.74) is 4.26. The van der Waals surface area contributed by atoms with Gasteiger partial charge < -0.3 is 18.8 Å². The summed E-state index contributed by atoms with van der Waals surface area (Å²) in [4.78, 5) is 13.4. The molecule has 0 unspecified atom stereocenters. The molecule has 6 rings (SSSR count). The molecule has 0 spiro atoms. The van der Waals surface area contributed by atoms with Crippen LogP contribution in [-0.4, -0.2) is 44.7 Å². The van der Waals surface area contributed by atoms with Crippen molar-refractivity contribution in [3.63, 3.8) is 0 Å². The third-order valence-electron chi connectivity index (χ3n) is 6.08. The van der Waals surface area contributed by atoms with Crippen LogP contribution in [0.25, 0.3) is 27.8 Å². The van der Waals surface area contributed by atoms with E-state index < -0.39 is 0 Å². The lowest BCUT2D eigenvalue weighted by molar-refractivity contribution is 0.181. The van der Waals surface area contributed by atoms with Crippen molar-refractivity contribution in [3.05, 3.63) is 81.4 Å². The fourth-order valence-corrected chi connectivity index (χ4v) is 4.62. The van der Waals surface area contributed by atoms with Gasteiger partial charge in [0.1, 0.15) is 5.52 Å². The Kier molecular flexibility index (Phi) is 5.79. The van der Waals surface area contributed by atoms with Crippen LogP contribution in [-0.2, 0) is 17.9 Å². The number of fused-ring (bicyclic) bond motifs is 4. The molecule has 0 saturated carbocycles. The molecule has 3 aromatic heterocycles. The van der Waals surface area contributed by atoms with Crippen LogP contribution in [0.4, 0.5) is 0 Å². The number of nitrogens with zero attached hydrogens (tertiary/aromatic N) is 5. The fourth-order valence-electron chi connectivity index (χ4n) is 4.43. The van der Waals surface area contributed by atoms with Gasteiger partial charge in [0, 0.05) is 24.8 Å². The summed E-state index contributed by atoms with van der Waals surface area (Å²) >= 11 is 6.24. The molecular weight excluding hydrogens is 482 g/mol. The van der Waals surface area contributed by atoms with Gasteiger partial charge in [0.05, 0.1) is 37.6 Å². The van der Waals surface area contributed by atoms with Crippen molar-refractivity contribution in [2.75, 3.05) is 20.3 Å². The zero-order valence-electron chi connectivity index (χ0n) is 19.5. The Morgan fingerprint density at radius 2 is 1.92 bits per heavy atom. The van der Waals surface area contributed by atoms with E-state index in [4.69, 9.17) is 30.9 Å². The Morgan fingerprint density at radius 1 is 1.06 bits per heavy atom. The number of halogens is 1. The van der Waals surface area contributed by atoms with E-state index in [-0.39, 0.29) is 17.7 Å². The molecule has 1 aliphatic heterocycles. The highest BCUT2D eigenvalue weighted by Crippen LogP contribution is 2.32. The second kappa shape index (κ2) is 9.25. The van der Waals surface area contributed by atoms with Crippen molar-refractivity contribution in [1.29, 1.82) is 0 Å². The van der Waals surface area contributed by atoms with Gasteiger partial charge in [-0.05, 0) is 41.5 Å². The molecule has 1 aliphatic rings. The summed E-state index contributed by atoms with van der Waals surface area (Å²) in [6.07, 6.45) is 2.57. The minimum absolute atomic E-state index is 0.225. The lowest BCUT2D eigenvalue weighted by Crippen LogP contribution is -2.22. The van der Waals surface area contributed by atoms with Gasteiger partial charge in [0.2, 0.25) is 0 Å². The van der Waals surface area contributed by atoms with Gasteiger partial charge in [-0.3, -0.25) is 4.79 Å². The molecule has 10 heteroatoms. The zero-order chi connectivity index (χ0) is 24.6. The number of aromatic nitrogens is 5. The molecule has 0 amide bonds. The monoisotopic (exact) mass is 503 g/mol. The molecule has 0 atom stereocenters. The summed E-state index contributed by atoms with van der Waals surface area (Å²) in [6.45, 7) is 1.85. The van der Waals surface area contributed by atoms with Crippen molar-refractivity contribution in [3.8, 4) is 22.6 Å². The standard InChI is InChI=1S/C26H22ClN5O4/c1-34-15-19-23(17-4-2-5-18(27)13-17)25-29-28-24-20(32(25)30-19)8-9-31(26(24)33)14-16-6-7-21-22(12-16)36-11-3-10-35-21/h2,4-9,12-13H,3,10-11,14-15H2,1H3. The van der Waals surface area contributed by atoms with Gasteiger partial charge in [0.25, 0.3) is 5.56 Å². The van der Waals surface area contributed by atoms with Crippen LogP contribution in [0.15, 0.2) is 59.5 Å². The van der Waals surface area contributed by atoms with E-state index in [1.807, 2.05) is 42.5 Å². The van der Waals surface area contributed by atoms with Crippen LogP contribution in [0.5, 0.6) is 11.5 Å². The fraction of sp³-hybridized carbons (Fsp3) is 0.231. The third kappa shape index (κ3) is 3.96. The average Bonchev–Trinajstić information content (AvgIpc) is 3.08. The predicted molar refractivity (Wildman–Crippen MR) is 135 cm³/mol. The molecule has 5 aromatic rings. The van der Waals surface area contributed by atoms with Gasteiger partial charge in [-0.1, -0.05) is 29.8 Å². The Labute approximate surface area is 210 Å². The molecule has 0 N–H and O–H groups in total. The van der Waals surface area contributed by atoms with E-state index in [1.54, 1.807) is 28.5 Å². The lowest BCUT2D eigenvalue weighted by atomic mass is 10.1. The number of ether oxygens (including phenoxy) is 3. The summed E-state index contributed by atoms with van der Waals surface area (Å²) in [6, 6.07) is 15.0. The predicted octanol–water partition coefficient (Wildman–Crippen LogP) is 4.12. The van der Waals surface area contributed by atoms with E-state index in [1.165, 1.54) is 0 Å². The zero-order valence-corrected chi connectivity index (χ0v) is 20.2. The molecule has 0 bridgehead atoms. The van der Waals surface area contributed by atoms with Crippen molar-refractivity contribution in [2.45, 2.75) is 19.6 Å². The lowest BCUT2D eigenvalue weighted by Gasteiger charge is -2.11. The van der Waals surface area contributed by atoms with Crippen molar-refractivity contribution in [1.82, 2.24) is 24.4 Å². The number of pyridine rings is 1. The van der Waals surface area contributed by atoms with Crippen molar-refractivity contribution >= 4 is 28.3 Å². The molecule has 0 aliphatic carbocycles.